The third-order valence-corrected chi connectivity index (χ3v) is 9.86. The number of amides is 2. The number of allylic oxidation sites excluding steroid dienone is 1. The summed E-state index contributed by atoms with van der Waals surface area (Å²) in [6.45, 7) is 27.2. The van der Waals surface area contributed by atoms with Gasteiger partial charge < -0.3 is 40.3 Å². The van der Waals surface area contributed by atoms with Crippen LogP contribution in [0.3, 0.4) is 0 Å². The lowest BCUT2D eigenvalue weighted by Crippen LogP contribution is -2.30. The van der Waals surface area contributed by atoms with Gasteiger partial charge in [0.15, 0.2) is 5.88 Å². The number of aryl methyl sites for hydroxylation is 3. The molecule has 1 saturated heterocycles. The van der Waals surface area contributed by atoms with Crippen molar-refractivity contribution in [3.8, 4) is 5.75 Å². The number of para-hydroxylation sites is 1. The van der Waals surface area contributed by atoms with Gasteiger partial charge in [-0.2, -0.15) is 0 Å². The molecule has 0 aromatic heterocycles. The average molecular weight is 893 g/mol. The number of anilines is 1. The van der Waals surface area contributed by atoms with Crippen LogP contribution in [0.5, 0.6) is 5.75 Å². The molecule has 0 bridgehead atoms. The van der Waals surface area contributed by atoms with Crippen molar-refractivity contribution in [3.63, 3.8) is 0 Å². The lowest BCUT2D eigenvalue weighted by molar-refractivity contribution is -0.138. The zero-order valence-corrected chi connectivity index (χ0v) is 40.0. The summed E-state index contributed by atoms with van der Waals surface area (Å²) < 4.78 is 6.54. The average Bonchev–Trinajstić information content (AvgIpc) is 3.20. The summed E-state index contributed by atoms with van der Waals surface area (Å²) in [5, 5.41) is 24.1. The summed E-state index contributed by atoms with van der Waals surface area (Å²) in [7, 11) is 2.21. The fraction of sp³-hybridized carbons (Fsp3) is 0.638. The summed E-state index contributed by atoms with van der Waals surface area (Å²) in [4.78, 5) is 38.2. The minimum Gasteiger partial charge on any atom is -0.506 e. The number of aliphatic carboxylic acids is 1. The minimum absolute atomic E-state index is 0.263. The van der Waals surface area contributed by atoms with Crippen LogP contribution in [-0.2, 0) is 19.1 Å². The van der Waals surface area contributed by atoms with Crippen molar-refractivity contribution in [2.24, 2.45) is 5.92 Å². The molecular weight excluding hydrogens is 810 g/mol. The number of halogens is 1. The van der Waals surface area contributed by atoms with E-state index in [-0.39, 0.29) is 12.3 Å². The highest BCUT2D eigenvalue weighted by Crippen LogP contribution is 2.28. The Balaban J connectivity index is 0. The van der Waals surface area contributed by atoms with E-state index < -0.39 is 5.97 Å². The molecule has 1 heterocycles. The van der Waals surface area contributed by atoms with E-state index in [2.05, 4.69) is 77.2 Å². The van der Waals surface area contributed by atoms with Crippen molar-refractivity contribution < 1.29 is 29.3 Å². The first-order chi connectivity index (χ1) is 28.4. The van der Waals surface area contributed by atoms with E-state index in [0.717, 1.165) is 124 Å². The van der Waals surface area contributed by atoms with Crippen LogP contribution in [0.1, 0.15) is 122 Å². The molecule has 338 valence electrons. The second kappa shape index (κ2) is 38.6. The van der Waals surface area contributed by atoms with Crippen LogP contribution in [-0.4, -0.2) is 110 Å². The molecule has 0 saturated carbocycles. The van der Waals surface area contributed by atoms with Crippen molar-refractivity contribution in [1.29, 1.82) is 0 Å². The van der Waals surface area contributed by atoms with Crippen LogP contribution >= 0.6 is 15.9 Å². The van der Waals surface area contributed by atoms with E-state index in [1.54, 1.807) is 0 Å². The van der Waals surface area contributed by atoms with Gasteiger partial charge in [-0.15, -0.1) is 0 Å². The highest BCUT2D eigenvalue weighted by Gasteiger charge is 2.14. The van der Waals surface area contributed by atoms with Crippen molar-refractivity contribution in [2.75, 3.05) is 71.3 Å². The van der Waals surface area contributed by atoms with Gasteiger partial charge in [-0.1, -0.05) is 65.3 Å². The standard InChI is InChI=1S/C16H34N2O.C13H24N2O3.C8H9BrO.C8H9NO.C2H6/c1-6-11-16(19-9-4)18(13-8-3)15-10-14-17(5)12-7-2;16-11-15-8-2-1-4-12(10-13(17)18)5-7-14-6-3-9-15;1-5-3-6(2)8(10)7(9)4-5;1-7-4-2-3-5-8(7)9-6-10;1-2/h11H,6-10,12-15H2,1-5H3;11-12,14H,1-10H2,(H,17,18);3-4,10H,1-2H3;2-6H,1H3,(H,9,10);1-2H3/b16-11+;;;;. The van der Waals surface area contributed by atoms with E-state index in [9.17, 15) is 19.5 Å². The maximum atomic E-state index is 10.8. The molecule has 1 unspecified atom stereocenters. The number of carbonyl (C=O) groups excluding carboxylic acids is 2. The second-order valence-electron chi connectivity index (χ2n) is 14.5. The van der Waals surface area contributed by atoms with Gasteiger partial charge in [0.25, 0.3) is 0 Å². The number of nitrogens with one attached hydrogen (secondary N) is 2. The number of carboxylic acid groups (broad SMARTS) is 1. The van der Waals surface area contributed by atoms with Crippen molar-refractivity contribution >= 4 is 40.4 Å². The highest BCUT2D eigenvalue weighted by atomic mass is 79.9. The molecule has 2 aromatic carbocycles. The molecule has 0 radical (unpaired) electrons. The summed E-state index contributed by atoms with van der Waals surface area (Å²) in [5.74, 6) is 0.969. The largest absolute Gasteiger partial charge is 0.506 e. The number of ether oxygens (including phenoxy) is 1. The number of phenols is 1. The predicted octanol–water partition coefficient (Wildman–Crippen LogP) is 10.2. The van der Waals surface area contributed by atoms with E-state index in [4.69, 9.17) is 9.84 Å². The van der Waals surface area contributed by atoms with Gasteiger partial charge in [-0.05, 0) is 169 Å². The maximum absolute atomic E-state index is 10.8. The summed E-state index contributed by atoms with van der Waals surface area (Å²) in [5.41, 5.74) is 4.01. The van der Waals surface area contributed by atoms with E-state index in [1.165, 1.54) is 32.4 Å². The third-order valence-electron chi connectivity index (χ3n) is 9.26. The van der Waals surface area contributed by atoms with Gasteiger partial charge in [0.2, 0.25) is 12.8 Å². The maximum Gasteiger partial charge on any atom is 0.303 e. The molecule has 0 spiro atoms. The van der Waals surface area contributed by atoms with Gasteiger partial charge in [-0.3, -0.25) is 14.4 Å². The fourth-order valence-electron chi connectivity index (χ4n) is 6.33. The smallest absolute Gasteiger partial charge is 0.303 e. The lowest BCUT2D eigenvalue weighted by Gasteiger charge is -2.27. The zero-order valence-electron chi connectivity index (χ0n) is 38.5. The lowest BCUT2D eigenvalue weighted by atomic mass is 9.94. The highest BCUT2D eigenvalue weighted by molar-refractivity contribution is 9.10. The molecule has 59 heavy (non-hydrogen) atoms. The minimum atomic E-state index is -0.707. The number of rotatable bonds is 17. The Kier molecular flexibility index (Phi) is 37.6. The Bertz CT molecular complexity index is 1370. The molecule has 3 rings (SSSR count). The third kappa shape index (κ3) is 30.1. The van der Waals surface area contributed by atoms with E-state index in [0.29, 0.717) is 12.2 Å². The monoisotopic (exact) mass is 892 g/mol. The number of hydrogen-bond donors (Lipinski definition) is 4. The SMILES string of the molecule is CC.CC/C=C(/OCC)N(CCC)CCCN(C)CCC.Cc1cc(C)c(O)c(Br)c1.Cc1ccccc1NC=O.O=CN1CCCCC(CC(=O)O)CCNCCC1. The Hall–Kier alpha value is -3.61. The van der Waals surface area contributed by atoms with Crippen LogP contribution in [0.2, 0.25) is 0 Å². The number of nitrogens with zero attached hydrogens (tertiary/aromatic N) is 3. The van der Waals surface area contributed by atoms with Crippen LogP contribution in [0.4, 0.5) is 5.69 Å². The fourth-order valence-corrected chi connectivity index (χ4v) is 7.01. The Morgan fingerprint density at radius 1 is 0.932 bits per heavy atom. The molecule has 0 aliphatic carbocycles. The van der Waals surface area contributed by atoms with Crippen molar-refractivity contribution in [1.82, 2.24) is 20.0 Å². The number of carboxylic acids is 1. The molecule has 1 atom stereocenters. The Morgan fingerprint density at radius 3 is 2.19 bits per heavy atom. The normalized spacial score (nSPS) is 14.4. The van der Waals surface area contributed by atoms with Gasteiger partial charge >= 0.3 is 5.97 Å². The summed E-state index contributed by atoms with van der Waals surface area (Å²) in [6, 6.07) is 11.5. The molecule has 4 N–H and O–H groups in total. The topological polar surface area (TPSA) is 135 Å². The molecule has 2 amide bonds. The molecule has 12 heteroatoms. The molecule has 11 nitrogen and oxygen atoms in total. The van der Waals surface area contributed by atoms with Crippen LogP contribution in [0.15, 0.2) is 52.8 Å². The number of hydrogen-bond acceptors (Lipinski definition) is 8. The van der Waals surface area contributed by atoms with Crippen LogP contribution < -0.4 is 10.6 Å². The molecule has 1 aliphatic rings. The van der Waals surface area contributed by atoms with Gasteiger partial charge in [0.05, 0.1) is 11.1 Å². The number of phenolic OH excluding ortho intramolecular Hbond substituents is 1. The zero-order chi connectivity index (χ0) is 44.8. The van der Waals surface area contributed by atoms with Crippen LogP contribution in [0, 0.1) is 26.7 Å². The second-order valence-corrected chi connectivity index (χ2v) is 15.4. The van der Waals surface area contributed by atoms with E-state index in [1.807, 2.05) is 75.9 Å². The molecule has 2 aromatic rings. The summed E-state index contributed by atoms with van der Waals surface area (Å²) >= 11 is 3.25. The van der Waals surface area contributed by atoms with E-state index >= 15 is 0 Å². The number of carbonyl (C=O) groups is 3. The Labute approximate surface area is 367 Å². The van der Waals surface area contributed by atoms with Gasteiger partial charge in [0.1, 0.15) is 5.75 Å². The number of benzene rings is 2. The quantitative estimate of drug-likeness (QED) is 0.0905. The molecule has 1 aliphatic heterocycles. The van der Waals surface area contributed by atoms with Gasteiger partial charge in [-0.25, -0.2) is 0 Å². The first-order valence-electron chi connectivity index (χ1n) is 22.0. The predicted molar refractivity (Wildman–Crippen MR) is 251 cm³/mol. The van der Waals surface area contributed by atoms with Gasteiger partial charge in [0, 0.05) is 38.3 Å². The summed E-state index contributed by atoms with van der Waals surface area (Å²) in [6.07, 6.45) is 13.5. The van der Waals surface area contributed by atoms with Crippen LogP contribution in [0.25, 0.3) is 0 Å². The first kappa shape index (κ1) is 57.5. The molecule has 1 fully saturated rings. The van der Waals surface area contributed by atoms with Crippen molar-refractivity contribution in [3.05, 3.63) is 69.5 Å². The Morgan fingerprint density at radius 2 is 1.61 bits per heavy atom. The molecular formula is C47H82BrN5O6. The number of aromatic hydroxyl groups is 1. The van der Waals surface area contributed by atoms with Crippen molar-refractivity contribution in [2.45, 2.75) is 127 Å². The first-order valence-corrected chi connectivity index (χ1v) is 22.8.